The minimum absolute atomic E-state index is 0.0225. The van der Waals surface area contributed by atoms with E-state index in [9.17, 15) is 8.78 Å². The highest BCUT2D eigenvalue weighted by molar-refractivity contribution is 5.50. The Labute approximate surface area is 119 Å². The van der Waals surface area contributed by atoms with Crippen molar-refractivity contribution < 1.29 is 13.9 Å². The van der Waals surface area contributed by atoms with Gasteiger partial charge in [-0.3, -0.25) is 0 Å². The summed E-state index contributed by atoms with van der Waals surface area (Å²) in [6.45, 7) is 3.90. The van der Waals surface area contributed by atoms with Crippen LogP contribution < -0.4 is 10.2 Å². The molecule has 20 heavy (non-hydrogen) atoms. The summed E-state index contributed by atoms with van der Waals surface area (Å²) in [6, 6.07) is 2.76. The quantitative estimate of drug-likeness (QED) is 0.685. The first-order valence-corrected chi connectivity index (χ1v) is 7.10. The molecule has 5 heteroatoms. The molecule has 0 bridgehead atoms. The number of unbranched alkanes of at least 4 members (excludes halogenated alkanes) is 2. The van der Waals surface area contributed by atoms with E-state index >= 15 is 0 Å². The zero-order valence-electron chi connectivity index (χ0n) is 12.3. The van der Waals surface area contributed by atoms with Gasteiger partial charge in [-0.1, -0.05) is 6.92 Å². The van der Waals surface area contributed by atoms with E-state index in [0.29, 0.717) is 18.7 Å². The third-order valence-corrected chi connectivity index (χ3v) is 3.19. The van der Waals surface area contributed by atoms with E-state index in [1.54, 1.807) is 11.9 Å². The van der Waals surface area contributed by atoms with Crippen molar-refractivity contribution in [3.8, 4) is 0 Å². The molecule has 0 aliphatic heterocycles. The number of nitrogens with zero attached hydrogens (tertiary/aromatic N) is 1. The second kappa shape index (κ2) is 8.87. The maximum absolute atomic E-state index is 14.0. The van der Waals surface area contributed by atoms with Gasteiger partial charge in [0.05, 0.1) is 0 Å². The van der Waals surface area contributed by atoms with Crippen LogP contribution in [0.15, 0.2) is 12.1 Å². The fourth-order valence-electron chi connectivity index (χ4n) is 2.10. The van der Waals surface area contributed by atoms with Crippen LogP contribution in [-0.2, 0) is 6.54 Å². The van der Waals surface area contributed by atoms with Gasteiger partial charge in [0.15, 0.2) is 0 Å². The maximum atomic E-state index is 14.0. The number of nitrogens with one attached hydrogen (secondary N) is 1. The third kappa shape index (κ3) is 5.06. The highest BCUT2D eigenvalue weighted by Gasteiger charge is 2.15. The van der Waals surface area contributed by atoms with Crippen LogP contribution in [0.25, 0.3) is 0 Å². The predicted octanol–water partition coefficient (Wildman–Crippen LogP) is 2.67. The molecule has 0 spiro atoms. The second-order valence-electron chi connectivity index (χ2n) is 4.89. The first-order valence-electron chi connectivity index (χ1n) is 7.10. The Morgan fingerprint density at radius 3 is 2.35 bits per heavy atom. The number of benzene rings is 1. The van der Waals surface area contributed by atoms with Gasteiger partial charge >= 0.3 is 0 Å². The van der Waals surface area contributed by atoms with Gasteiger partial charge in [-0.2, -0.15) is 0 Å². The Morgan fingerprint density at radius 1 is 1.15 bits per heavy atom. The Kier molecular flexibility index (Phi) is 7.47. The van der Waals surface area contributed by atoms with Crippen molar-refractivity contribution in [3.63, 3.8) is 0 Å². The molecule has 0 aromatic heterocycles. The van der Waals surface area contributed by atoms with E-state index < -0.39 is 11.6 Å². The standard InChI is InChI=1S/C15H24F2N2O/c1-3-18-11-12-9-13(16)15(14(17)10-12)19(2)7-5-4-6-8-20/h9-10,18,20H,3-8,11H2,1-2H3. The summed E-state index contributed by atoms with van der Waals surface area (Å²) in [5.41, 5.74) is 0.633. The van der Waals surface area contributed by atoms with Crippen molar-refractivity contribution in [2.75, 3.05) is 31.6 Å². The number of anilines is 1. The van der Waals surface area contributed by atoms with Gasteiger partial charge in [0, 0.05) is 26.7 Å². The predicted molar refractivity (Wildman–Crippen MR) is 77.9 cm³/mol. The number of hydrogen-bond acceptors (Lipinski definition) is 3. The monoisotopic (exact) mass is 286 g/mol. The molecule has 0 amide bonds. The van der Waals surface area contributed by atoms with Gasteiger partial charge in [-0.05, 0) is 43.5 Å². The summed E-state index contributed by atoms with van der Waals surface area (Å²) in [5, 5.41) is 11.7. The van der Waals surface area contributed by atoms with Gasteiger partial charge in [-0.25, -0.2) is 8.78 Å². The van der Waals surface area contributed by atoms with E-state index in [4.69, 9.17) is 5.11 Å². The molecule has 1 aromatic rings. The van der Waals surface area contributed by atoms with Gasteiger partial charge in [0.1, 0.15) is 17.3 Å². The summed E-state index contributed by atoms with van der Waals surface area (Å²) in [7, 11) is 1.68. The summed E-state index contributed by atoms with van der Waals surface area (Å²) >= 11 is 0. The molecular formula is C15H24F2N2O. The molecule has 0 aliphatic rings. The molecule has 2 N–H and O–H groups in total. The lowest BCUT2D eigenvalue weighted by molar-refractivity contribution is 0.283. The number of aliphatic hydroxyl groups is 1. The van der Waals surface area contributed by atoms with E-state index in [2.05, 4.69) is 5.32 Å². The van der Waals surface area contributed by atoms with Gasteiger partial charge in [0.2, 0.25) is 0 Å². The van der Waals surface area contributed by atoms with E-state index in [-0.39, 0.29) is 12.3 Å². The van der Waals surface area contributed by atoms with E-state index in [1.165, 1.54) is 12.1 Å². The van der Waals surface area contributed by atoms with Crippen LogP contribution in [-0.4, -0.2) is 31.9 Å². The third-order valence-electron chi connectivity index (χ3n) is 3.19. The van der Waals surface area contributed by atoms with Crippen LogP contribution in [0.2, 0.25) is 0 Å². The molecule has 0 saturated carbocycles. The lowest BCUT2D eigenvalue weighted by Gasteiger charge is -2.21. The summed E-state index contributed by atoms with van der Waals surface area (Å²) < 4.78 is 28.0. The second-order valence-corrected chi connectivity index (χ2v) is 4.89. The number of halogens is 2. The molecule has 0 fully saturated rings. The van der Waals surface area contributed by atoms with Crippen molar-refractivity contribution in [1.82, 2.24) is 5.32 Å². The lowest BCUT2D eigenvalue weighted by atomic mass is 10.1. The van der Waals surface area contributed by atoms with Crippen molar-refractivity contribution in [2.24, 2.45) is 0 Å². The highest BCUT2D eigenvalue weighted by atomic mass is 19.1. The molecule has 1 rings (SSSR count). The molecule has 3 nitrogen and oxygen atoms in total. The van der Waals surface area contributed by atoms with E-state index in [1.807, 2.05) is 6.92 Å². The van der Waals surface area contributed by atoms with Crippen molar-refractivity contribution in [3.05, 3.63) is 29.3 Å². The molecule has 1 aromatic carbocycles. The molecule has 0 saturated heterocycles. The van der Waals surface area contributed by atoms with Crippen LogP contribution in [0.5, 0.6) is 0 Å². The topological polar surface area (TPSA) is 35.5 Å². The molecular weight excluding hydrogens is 262 g/mol. The average Bonchev–Trinajstić information content (AvgIpc) is 2.40. The minimum atomic E-state index is -0.525. The van der Waals surface area contributed by atoms with E-state index in [0.717, 1.165) is 25.8 Å². The highest BCUT2D eigenvalue weighted by Crippen LogP contribution is 2.24. The number of aliphatic hydroxyl groups excluding tert-OH is 1. The molecule has 114 valence electrons. The Morgan fingerprint density at radius 2 is 1.80 bits per heavy atom. The Hall–Kier alpha value is -1.20. The minimum Gasteiger partial charge on any atom is -0.396 e. The zero-order valence-corrected chi connectivity index (χ0v) is 12.3. The fourth-order valence-corrected chi connectivity index (χ4v) is 2.10. The normalized spacial score (nSPS) is 10.8. The van der Waals surface area contributed by atoms with Crippen molar-refractivity contribution >= 4 is 5.69 Å². The van der Waals surface area contributed by atoms with Gasteiger partial charge in [-0.15, -0.1) is 0 Å². The lowest BCUT2D eigenvalue weighted by Crippen LogP contribution is -2.22. The van der Waals surface area contributed by atoms with Crippen molar-refractivity contribution in [2.45, 2.75) is 32.7 Å². The van der Waals surface area contributed by atoms with Crippen LogP contribution >= 0.6 is 0 Å². The largest absolute Gasteiger partial charge is 0.396 e. The van der Waals surface area contributed by atoms with Gasteiger partial charge < -0.3 is 15.3 Å². The fraction of sp³-hybridized carbons (Fsp3) is 0.600. The summed E-state index contributed by atoms with van der Waals surface area (Å²) in [5.74, 6) is -1.05. The SMILES string of the molecule is CCNCc1cc(F)c(N(C)CCCCCO)c(F)c1. The average molecular weight is 286 g/mol. The van der Waals surface area contributed by atoms with Crippen LogP contribution in [0.3, 0.4) is 0 Å². The van der Waals surface area contributed by atoms with Crippen LogP contribution in [0.4, 0.5) is 14.5 Å². The molecule has 0 unspecified atom stereocenters. The Balaban J connectivity index is 2.69. The molecule has 0 aliphatic carbocycles. The smallest absolute Gasteiger partial charge is 0.149 e. The molecule has 0 atom stereocenters. The molecule has 0 radical (unpaired) electrons. The Bertz CT molecular complexity index is 390. The first kappa shape index (κ1) is 16.9. The zero-order chi connectivity index (χ0) is 15.0. The van der Waals surface area contributed by atoms with Crippen molar-refractivity contribution in [1.29, 1.82) is 0 Å². The summed E-state index contributed by atoms with van der Waals surface area (Å²) in [6.07, 6.45) is 2.37. The van der Waals surface area contributed by atoms with Gasteiger partial charge in [0.25, 0.3) is 0 Å². The summed E-state index contributed by atoms with van der Waals surface area (Å²) in [4.78, 5) is 1.60. The number of hydrogen-bond donors (Lipinski definition) is 2. The van der Waals surface area contributed by atoms with Crippen LogP contribution in [0.1, 0.15) is 31.7 Å². The van der Waals surface area contributed by atoms with Crippen LogP contribution in [0, 0.1) is 11.6 Å². The number of rotatable bonds is 9. The maximum Gasteiger partial charge on any atom is 0.149 e. The molecule has 0 heterocycles. The first-order chi connectivity index (χ1) is 9.60.